The van der Waals surface area contributed by atoms with Gasteiger partial charge in [0, 0.05) is 12.2 Å². The smallest absolute Gasteiger partial charge is 0.330 e. The number of ether oxygens (including phenoxy) is 2. The summed E-state index contributed by atoms with van der Waals surface area (Å²) in [5.74, 6) is -0.901. The van der Waals surface area contributed by atoms with E-state index in [0.717, 1.165) is 52.0 Å². The van der Waals surface area contributed by atoms with Gasteiger partial charge in [0.25, 0.3) is 0 Å². The van der Waals surface area contributed by atoms with Gasteiger partial charge in [0.15, 0.2) is 0 Å². The van der Waals surface area contributed by atoms with Crippen LogP contribution in [0.5, 0.6) is 0 Å². The van der Waals surface area contributed by atoms with Crippen LogP contribution >= 0.6 is 0 Å². The van der Waals surface area contributed by atoms with E-state index in [-0.39, 0.29) is 13.2 Å². The molecule has 4 rings (SSSR count). The summed E-state index contributed by atoms with van der Waals surface area (Å²) in [5, 5.41) is 0. The van der Waals surface area contributed by atoms with Crippen molar-refractivity contribution in [2.24, 2.45) is 0 Å². The van der Waals surface area contributed by atoms with Crippen LogP contribution < -0.4 is 0 Å². The third kappa shape index (κ3) is 7.55. The first-order chi connectivity index (χ1) is 19.5. The van der Waals surface area contributed by atoms with E-state index in [4.69, 9.17) is 9.47 Å². The molecule has 0 saturated carbocycles. The molecular formula is C36H32O4. The van der Waals surface area contributed by atoms with Crippen molar-refractivity contribution in [1.82, 2.24) is 0 Å². The van der Waals surface area contributed by atoms with Gasteiger partial charge in [-0.3, -0.25) is 0 Å². The Bertz CT molecular complexity index is 1420. The summed E-state index contributed by atoms with van der Waals surface area (Å²) in [6.07, 6.45) is 5.49. The highest BCUT2D eigenvalue weighted by Crippen LogP contribution is 2.28. The van der Waals surface area contributed by atoms with Crippen molar-refractivity contribution in [3.63, 3.8) is 0 Å². The number of rotatable bonds is 11. The molecule has 0 aliphatic heterocycles. The van der Waals surface area contributed by atoms with Gasteiger partial charge in [-0.15, -0.1) is 0 Å². The molecule has 4 aromatic carbocycles. The fraction of sp³-hybridized carbons (Fsp3) is 0.111. The number of esters is 2. The van der Waals surface area contributed by atoms with Gasteiger partial charge in [0.05, 0.1) is 0 Å². The largest absolute Gasteiger partial charge is 0.458 e. The van der Waals surface area contributed by atoms with Gasteiger partial charge in [-0.2, -0.15) is 0 Å². The van der Waals surface area contributed by atoms with Crippen LogP contribution in [-0.4, -0.2) is 11.9 Å². The standard InChI is InChI=1S/C36H32O4/c1-4-26-7-15-30(16-8-26)31-17-9-27(10-18-31)23-34(32-19-11-28(12-20-32)24-39-35(37)5-2)33-21-13-29(14-22-33)25-40-36(38)6-3/h5-23H,2-4,24-25H2,1H3. The maximum atomic E-state index is 11.4. The highest BCUT2D eigenvalue weighted by atomic mass is 16.5. The quantitative estimate of drug-likeness (QED) is 0.113. The van der Waals surface area contributed by atoms with Gasteiger partial charge >= 0.3 is 11.9 Å². The van der Waals surface area contributed by atoms with E-state index >= 15 is 0 Å². The summed E-state index contributed by atoms with van der Waals surface area (Å²) < 4.78 is 10.3. The maximum Gasteiger partial charge on any atom is 0.330 e. The first-order valence-electron chi connectivity index (χ1n) is 13.2. The number of hydrogen-bond acceptors (Lipinski definition) is 4. The molecule has 0 radical (unpaired) electrons. The third-order valence-corrected chi connectivity index (χ3v) is 6.54. The Hall–Kier alpha value is -4.96. The van der Waals surface area contributed by atoms with Gasteiger partial charge in [-0.05, 0) is 62.6 Å². The molecule has 4 aromatic rings. The molecule has 0 atom stereocenters. The second-order valence-corrected chi connectivity index (χ2v) is 9.25. The Morgan fingerprint density at radius 2 is 1.00 bits per heavy atom. The molecule has 200 valence electrons. The molecule has 0 saturated heterocycles. The molecule has 0 aromatic heterocycles. The molecule has 40 heavy (non-hydrogen) atoms. The number of carbonyl (C=O) groups is 2. The zero-order valence-electron chi connectivity index (χ0n) is 22.6. The Labute approximate surface area is 235 Å². The monoisotopic (exact) mass is 528 g/mol. The Kier molecular flexibility index (Phi) is 9.62. The van der Waals surface area contributed by atoms with Crippen molar-refractivity contribution in [2.75, 3.05) is 0 Å². The lowest BCUT2D eigenvalue weighted by atomic mass is 9.93. The Morgan fingerprint density at radius 3 is 1.40 bits per heavy atom. The third-order valence-electron chi connectivity index (χ3n) is 6.54. The van der Waals surface area contributed by atoms with Gasteiger partial charge in [0.1, 0.15) is 13.2 Å². The highest BCUT2D eigenvalue weighted by molar-refractivity contribution is 5.91. The van der Waals surface area contributed by atoms with Crippen molar-refractivity contribution in [3.05, 3.63) is 156 Å². The van der Waals surface area contributed by atoms with E-state index in [1.807, 2.05) is 48.5 Å². The van der Waals surface area contributed by atoms with Crippen LogP contribution in [0.2, 0.25) is 0 Å². The number of carbonyl (C=O) groups excluding carboxylic acids is 2. The molecule has 0 aliphatic rings. The molecular weight excluding hydrogens is 496 g/mol. The van der Waals surface area contributed by atoms with E-state index in [9.17, 15) is 9.59 Å². The average molecular weight is 529 g/mol. The van der Waals surface area contributed by atoms with Gasteiger partial charge in [0.2, 0.25) is 0 Å². The fourth-order valence-corrected chi connectivity index (χ4v) is 4.19. The SMILES string of the molecule is C=CC(=O)OCc1ccc(C(=Cc2ccc(-c3ccc(CC)cc3)cc2)c2ccc(COC(=O)C=C)cc2)cc1. The summed E-state index contributed by atoms with van der Waals surface area (Å²) in [6.45, 7) is 9.39. The van der Waals surface area contributed by atoms with Crippen molar-refractivity contribution in [2.45, 2.75) is 26.6 Å². The minimum atomic E-state index is -0.451. The minimum absolute atomic E-state index is 0.184. The van der Waals surface area contributed by atoms with Crippen LogP contribution in [0.1, 0.15) is 40.3 Å². The second kappa shape index (κ2) is 13.7. The Balaban J connectivity index is 1.63. The normalized spacial score (nSPS) is 10.3. The molecule has 0 amide bonds. The lowest BCUT2D eigenvalue weighted by Gasteiger charge is -2.12. The van der Waals surface area contributed by atoms with Crippen molar-refractivity contribution in [3.8, 4) is 11.1 Å². The lowest BCUT2D eigenvalue weighted by Crippen LogP contribution is -2.00. The fourth-order valence-electron chi connectivity index (χ4n) is 4.19. The molecule has 0 spiro atoms. The summed E-state index contributed by atoms with van der Waals surface area (Å²) in [4.78, 5) is 22.9. The summed E-state index contributed by atoms with van der Waals surface area (Å²) in [5.41, 5.74) is 9.58. The summed E-state index contributed by atoms with van der Waals surface area (Å²) >= 11 is 0. The average Bonchev–Trinajstić information content (AvgIpc) is 3.02. The zero-order chi connectivity index (χ0) is 28.3. The van der Waals surface area contributed by atoms with Crippen LogP contribution in [0.25, 0.3) is 22.8 Å². The van der Waals surface area contributed by atoms with Gasteiger partial charge in [-0.25, -0.2) is 9.59 Å². The molecule has 4 nitrogen and oxygen atoms in total. The highest BCUT2D eigenvalue weighted by Gasteiger charge is 2.09. The van der Waals surface area contributed by atoms with Crippen molar-refractivity contribution < 1.29 is 19.1 Å². The van der Waals surface area contributed by atoms with Crippen LogP contribution in [0, 0.1) is 0 Å². The van der Waals surface area contributed by atoms with Crippen LogP contribution in [0.4, 0.5) is 0 Å². The summed E-state index contributed by atoms with van der Waals surface area (Å²) in [7, 11) is 0. The van der Waals surface area contributed by atoms with E-state index in [2.05, 4.69) is 74.7 Å². The zero-order valence-corrected chi connectivity index (χ0v) is 22.6. The first kappa shape index (κ1) is 28.1. The lowest BCUT2D eigenvalue weighted by molar-refractivity contribution is -0.139. The predicted molar refractivity (Wildman–Crippen MR) is 161 cm³/mol. The predicted octanol–water partition coefficient (Wildman–Crippen LogP) is 7.96. The van der Waals surface area contributed by atoms with E-state index in [0.29, 0.717) is 0 Å². The molecule has 0 fully saturated rings. The molecule has 4 heteroatoms. The van der Waals surface area contributed by atoms with E-state index in [1.165, 1.54) is 16.7 Å². The van der Waals surface area contributed by atoms with E-state index < -0.39 is 11.9 Å². The van der Waals surface area contributed by atoms with Crippen LogP contribution in [0.3, 0.4) is 0 Å². The minimum Gasteiger partial charge on any atom is -0.458 e. The number of benzene rings is 4. The first-order valence-corrected chi connectivity index (χ1v) is 13.2. The van der Waals surface area contributed by atoms with Gasteiger partial charge < -0.3 is 9.47 Å². The van der Waals surface area contributed by atoms with E-state index in [1.54, 1.807) is 0 Å². The second-order valence-electron chi connectivity index (χ2n) is 9.25. The Morgan fingerprint density at radius 1 is 0.600 bits per heavy atom. The molecule has 0 aliphatic carbocycles. The van der Waals surface area contributed by atoms with Crippen molar-refractivity contribution >= 4 is 23.6 Å². The van der Waals surface area contributed by atoms with Crippen molar-refractivity contribution in [1.29, 1.82) is 0 Å². The number of hydrogen-bond donors (Lipinski definition) is 0. The maximum absolute atomic E-state index is 11.4. The van der Waals surface area contributed by atoms with Crippen LogP contribution in [0.15, 0.2) is 122 Å². The summed E-state index contributed by atoms with van der Waals surface area (Å²) in [6, 6.07) is 33.1. The van der Waals surface area contributed by atoms with Crippen LogP contribution in [-0.2, 0) is 38.7 Å². The molecule has 0 bridgehead atoms. The number of aryl methyl sites for hydroxylation is 1. The topological polar surface area (TPSA) is 52.6 Å². The molecule has 0 N–H and O–H groups in total. The molecule has 0 heterocycles. The van der Waals surface area contributed by atoms with Gasteiger partial charge in [-0.1, -0.05) is 117 Å². The molecule has 0 unspecified atom stereocenters.